The van der Waals surface area contributed by atoms with Gasteiger partial charge in [0.2, 0.25) is 0 Å². The van der Waals surface area contributed by atoms with Gasteiger partial charge in [-0.1, -0.05) is 75.9 Å². The predicted molar refractivity (Wildman–Crippen MR) is 89.2 cm³/mol. The van der Waals surface area contributed by atoms with E-state index in [2.05, 4.69) is 16.9 Å². The lowest BCUT2D eigenvalue weighted by Crippen LogP contribution is -2.02. The molecule has 0 aliphatic rings. The van der Waals surface area contributed by atoms with Gasteiger partial charge in [-0.15, -0.1) is 0 Å². The van der Waals surface area contributed by atoms with Crippen LogP contribution in [0.3, 0.4) is 0 Å². The molecule has 4 heteroatoms. The monoisotopic (exact) mass is 293 g/mol. The summed E-state index contributed by atoms with van der Waals surface area (Å²) in [5, 5.41) is 3.81. The number of rotatable bonds is 14. The van der Waals surface area contributed by atoms with Gasteiger partial charge in [0.1, 0.15) is 0 Å². The van der Waals surface area contributed by atoms with Crippen molar-refractivity contribution in [1.82, 2.24) is 0 Å². The van der Waals surface area contributed by atoms with Crippen LogP contribution in [0.15, 0.2) is 17.3 Å². The van der Waals surface area contributed by atoms with Crippen LogP contribution >= 0.6 is 0 Å². The molecule has 0 rings (SSSR count). The maximum atomic E-state index is 10.8. The van der Waals surface area contributed by atoms with Crippen LogP contribution in [0.2, 0.25) is 0 Å². The number of ketones is 1. The number of hydrogen-bond donors (Lipinski definition) is 0. The summed E-state index contributed by atoms with van der Waals surface area (Å²) in [6.07, 6.45) is 16.6. The van der Waals surface area contributed by atoms with Crippen LogP contribution in [-0.4, -0.2) is 11.8 Å². The lowest BCUT2D eigenvalue weighted by molar-refractivity contribution is -0.112. The number of azide groups is 1. The molecule has 0 aliphatic carbocycles. The molecule has 120 valence electrons. The molecule has 0 radical (unpaired) electrons. The zero-order chi connectivity index (χ0) is 15.8. The Morgan fingerprint density at radius 1 is 1.10 bits per heavy atom. The first-order valence-corrected chi connectivity index (χ1v) is 8.42. The third-order valence-electron chi connectivity index (χ3n) is 3.62. The van der Waals surface area contributed by atoms with Gasteiger partial charge in [0.25, 0.3) is 0 Å². The van der Waals surface area contributed by atoms with Crippen LogP contribution in [-0.2, 0) is 4.79 Å². The van der Waals surface area contributed by atoms with E-state index in [9.17, 15) is 4.79 Å². The molecule has 0 aromatic rings. The summed E-state index contributed by atoms with van der Waals surface area (Å²) in [4.78, 5) is 13.7. The Labute approximate surface area is 129 Å². The van der Waals surface area contributed by atoms with Crippen molar-refractivity contribution in [2.24, 2.45) is 5.11 Å². The average molecular weight is 293 g/mol. The van der Waals surface area contributed by atoms with Crippen LogP contribution < -0.4 is 0 Å². The Morgan fingerprint density at radius 3 is 2.19 bits per heavy atom. The minimum absolute atomic E-state index is 0.00449. The standard InChI is InChI=1S/C17H31N3O/c1-3-4-5-6-7-8-9-10-11-14-17(19-20-18)15-12-13-16(2)21/h12-13,17H,3-11,14-15H2,1-2H3/b13-12+/t17-/m0/s1. The van der Waals surface area contributed by atoms with Gasteiger partial charge >= 0.3 is 0 Å². The molecule has 0 fully saturated rings. The SMILES string of the molecule is CCCCCCCCCCC[C@@H](C/C=C/C(C)=O)N=[N+]=[N-]. The molecule has 0 saturated heterocycles. The number of hydrogen-bond acceptors (Lipinski definition) is 2. The van der Waals surface area contributed by atoms with E-state index < -0.39 is 0 Å². The fourth-order valence-corrected chi connectivity index (χ4v) is 2.38. The molecule has 21 heavy (non-hydrogen) atoms. The Balaban J connectivity index is 3.60. The molecule has 0 aliphatic heterocycles. The highest BCUT2D eigenvalue weighted by molar-refractivity contribution is 5.87. The van der Waals surface area contributed by atoms with Crippen molar-refractivity contribution >= 4 is 5.78 Å². The summed E-state index contributed by atoms with van der Waals surface area (Å²) in [5.41, 5.74) is 8.56. The predicted octanol–water partition coefficient (Wildman–Crippen LogP) is 6.12. The van der Waals surface area contributed by atoms with E-state index in [1.54, 1.807) is 6.08 Å². The van der Waals surface area contributed by atoms with E-state index in [0.717, 1.165) is 12.8 Å². The number of carbonyl (C=O) groups is 1. The molecule has 0 aromatic carbocycles. The molecular weight excluding hydrogens is 262 g/mol. The van der Waals surface area contributed by atoms with Crippen LogP contribution in [0.25, 0.3) is 10.4 Å². The van der Waals surface area contributed by atoms with Crippen molar-refractivity contribution in [3.8, 4) is 0 Å². The highest BCUT2D eigenvalue weighted by atomic mass is 16.1. The van der Waals surface area contributed by atoms with Gasteiger partial charge < -0.3 is 0 Å². The molecule has 0 amide bonds. The minimum atomic E-state index is -0.00449. The normalized spacial score (nSPS) is 12.3. The number of nitrogens with zero attached hydrogens (tertiary/aromatic N) is 3. The number of carbonyl (C=O) groups excluding carboxylic acids is 1. The minimum Gasteiger partial charge on any atom is -0.295 e. The van der Waals surface area contributed by atoms with Crippen LogP contribution in [0, 0.1) is 0 Å². The second-order valence-electron chi connectivity index (χ2n) is 5.72. The molecule has 0 aromatic heterocycles. The van der Waals surface area contributed by atoms with E-state index in [0.29, 0.717) is 6.42 Å². The maximum Gasteiger partial charge on any atom is 0.152 e. The molecule has 0 bridgehead atoms. The summed E-state index contributed by atoms with van der Waals surface area (Å²) in [6.45, 7) is 3.77. The Hall–Kier alpha value is -1.28. The smallest absolute Gasteiger partial charge is 0.152 e. The zero-order valence-corrected chi connectivity index (χ0v) is 13.8. The quantitative estimate of drug-likeness (QED) is 0.125. The van der Waals surface area contributed by atoms with Crippen molar-refractivity contribution < 1.29 is 4.79 Å². The lowest BCUT2D eigenvalue weighted by Gasteiger charge is -2.08. The summed E-state index contributed by atoms with van der Waals surface area (Å²) in [6, 6.07) is -0.00449. The molecule has 0 N–H and O–H groups in total. The molecule has 0 saturated carbocycles. The van der Waals surface area contributed by atoms with E-state index in [1.807, 2.05) is 6.08 Å². The largest absolute Gasteiger partial charge is 0.295 e. The second-order valence-corrected chi connectivity index (χ2v) is 5.72. The molecule has 0 heterocycles. The Kier molecular flexibility index (Phi) is 14.2. The fourth-order valence-electron chi connectivity index (χ4n) is 2.38. The second kappa shape index (κ2) is 15.1. The topological polar surface area (TPSA) is 65.8 Å². The highest BCUT2D eigenvalue weighted by Crippen LogP contribution is 2.14. The lowest BCUT2D eigenvalue weighted by atomic mass is 10.0. The Bertz CT molecular complexity index is 333. The zero-order valence-electron chi connectivity index (χ0n) is 13.8. The maximum absolute atomic E-state index is 10.8. The number of unbranched alkanes of at least 4 members (excludes halogenated alkanes) is 8. The third kappa shape index (κ3) is 14.9. The first-order chi connectivity index (χ1) is 10.2. The molecule has 0 unspecified atom stereocenters. The molecule has 1 atom stereocenters. The summed E-state index contributed by atoms with van der Waals surface area (Å²) in [5.74, 6) is 0.0396. The van der Waals surface area contributed by atoms with Gasteiger partial charge in [-0.25, -0.2) is 0 Å². The average Bonchev–Trinajstić information content (AvgIpc) is 2.45. The first-order valence-electron chi connectivity index (χ1n) is 8.42. The molecule has 0 spiro atoms. The van der Waals surface area contributed by atoms with E-state index in [1.165, 1.54) is 58.3 Å². The van der Waals surface area contributed by atoms with Crippen molar-refractivity contribution in [3.05, 3.63) is 22.6 Å². The van der Waals surface area contributed by atoms with Gasteiger partial charge in [-0.05, 0) is 31.4 Å². The Morgan fingerprint density at radius 2 is 1.67 bits per heavy atom. The van der Waals surface area contributed by atoms with Crippen LogP contribution in [0.4, 0.5) is 0 Å². The van der Waals surface area contributed by atoms with Gasteiger partial charge in [0.05, 0.1) is 0 Å². The van der Waals surface area contributed by atoms with E-state index in [-0.39, 0.29) is 11.8 Å². The third-order valence-corrected chi connectivity index (χ3v) is 3.62. The molecule has 4 nitrogen and oxygen atoms in total. The van der Waals surface area contributed by atoms with E-state index in [4.69, 9.17) is 5.53 Å². The molecular formula is C17H31N3O. The van der Waals surface area contributed by atoms with Gasteiger partial charge in [0, 0.05) is 11.0 Å². The summed E-state index contributed by atoms with van der Waals surface area (Å²) >= 11 is 0. The van der Waals surface area contributed by atoms with Crippen molar-refractivity contribution in [1.29, 1.82) is 0 Å². The first kappa shape index (κ1) is 19.7. The van der Waals surface area contributed by atoms with Gasteiger partial charge in [-0.2, -0.15) is 0 Å². The van der Waals surface area contributed by atoms with Crippen molar-refractivity contribution in [2.45, 2.75) is 90.5 Å². The highest BCUT2D eigenvalue weighted by Gasteiger charge is 2.04. The summed E-state index contributed by atoms with van der Waals surface area (Å²) < 4.78 is 0. The van der Waals surface area contributed by atoms with E-state index >= 15 is 0 Å². The van der Waals surface area contributed by atoms with Crippen molar-refractivity contribution in [3.63, 3.8) is 0 Å². The van der Waals surface area contributed by atoms with Crippen LogP contribution in [0.1, 0.15) is 84.5 Å². The van der Waals surface area contributed by atoms with Crippen molar-refractivity contribution in [2.75, 3.05) is 0 Å². The fraction of sp³-hybridized carbons (Fsp3) is 0.824. The van der Waals surface area contributed by atoms with Gasteiger partial charge in [-0.3, -0.25) is 4.79 Å². The van der Waals surface area contributed by atoms with Gasteiger partial charge in [0.15, 0.2) is 5.78 Å². The van der Waals surface area contributed by atoms with Crippen LogP contribution in [0.5, 0.6) is 0 Å². The summed E-state index contributed by atoms with van der Waals surface area (Å²) in [7, 11) is 0. The number of allylic oxidation sites excluding steroid dienone is 1.